The van der Waals surface area contributed by atoms with Gasteiger partial charge in [-0.25, -0.2) is 0 Å². The largest absolute Gasteiger partial charge is 0.466 e. The molecule has 0 bridgehead atoms. The molecule has 2 atom stereocenters. The number of esters is 1. The topological polar surface area (TPSA) is 95.9 Å². The van der Waals surface area contributed by atoms with Crippen molar-refractivity contribution in [2.75, 3.05) is 13.2 Å². The molecule has 0 fully saturated rings. The van der Waals surface area contributed by atoms with E-state index in [1.54, 1.807) is 6.08 Å². The number of ether oxygens (including phenoxy) is 1. The number of carbonyl (C=O) groups is 2. The first-order valence-electron chi connectivity index (χ1n) is 26.9. The van der Waals surface area contributed by atoms with Gasteiger partial charge in [-0.1, -0.05) is 217 Å². The number of rotatable bonds is 49. The molecule has 0 aliphatic heterocycles. The summed E-state index contributed by atoms with van der Waals surface area (Å²) in [4.78, 5) is 24.4. The zero-order valence-electron chi connectivity index (χ0n) is 41.1. The number of aliphatic hydroxyl groups excluding tert-OH is 2. The quantitative estimate of drug-likeness (QED) is 0.0245. The van der Waals surface area contributed by atoms with E-state index in [1.165, 1.54) is 167 Å². The van der Waals surface area contributed by atoms with E-state index in [4.69, 9.17) is 4.74 Å². The van der Waals surface area contributed by atoms with Crippen molar-refractivity contribution in [2.24, 2.45) is 0 Å². The second kappa shape index (κ2) is 51.5. The molecule has 3 N–H and O–H groups in total. The van der Waals surface area contributed by atoms with Gasteiger partial charge in [0.05, 0.1) is 25.4 Å². The number of carbonyl (C=O) groups excluding carboxylic acids is 2. The van der Waals surface area contributed by atoms with Gasteiger partial charge >= 0.3 is 5.97 Å². The van der Waals surface area contributed by atoms with E-state index < -0.39 is 12.1 Å². The molecule has 0 saturated heterocycles. The number of hydrogen-bond donors (Lipinski definition) is 3. The standard InChI is InChI=1S/C56H103NO5/c1-3-5-7-9-11-13-15-16-17-24-27-30-34-38-42-46-50-56(61)62-51-47-43-39-35-31-28-25-22-20-18-19-21-23-26-29-33-37-41-45-49-55(60)57-53(52-58)54(59)48-44-40-36-32-14-12-10-8-6-4-2/h17,22,24-25,28,31,44,48,53-54,58-59H,3-16,18-21,23,26-27,29-30,32-43,45-47,49-52H2,1-2H3,(H,57,60)/b24-17-,25-22-,31-28-,48-44+. The lowest BCUT2D eigenvalue weighted by molar-refractivity contribution is -0.143. The van der Waals surface area contributed by atoms with Crippen LogP contribution < -0.4 is 5.32 Å². The van der Waals surface area contributed by atoms with E-state index in [-0.39, 0.29) is 18.5 Å². The second-order valence-electron chi connectivity index (χ2n) is 18.2. The summed E-state index contributed by atoms with van der Waals surface area (Å²) >= 11 is 0. The molecule has 1 amide bonds. The molecule has 2 unspecified atom stereocenters. The van der Waals surface area contributed by atoms with Crippen molar-refractivity contribution in [1.82, 2.24) is 5.32 Å². The van der Waals surface area contributed by atoms with Crippen molar-refractivity contribution < 1.29 is 24.5 Å². The van der Waals surface area contributed by atoms with Gasteiger partial charge in [0, 0.05) is 12.8 Å². The zero-order valence-corrected chi connectivity index (χ0v) is 41.1. The molecule has 0 aliphatic carbocycles. The lowest BCUT2D eigenvalue weighted by Gasteiger charge is -2.20. The molecule has 0 saturated carbocycles. The molecule has 0 rings (SSSR count). The minimum Gasteiger partial charge on any atom is -0.466 e. The SMILES string of the molecule is CCCCCCCCC/C=C\CCCCCCCC(=O)OCCCCC/C=C\C=C/CCCCCCCCCCCCC(=O)NC(CO)C(O)/C=C/CCCCCCCCCC. The second-order valence-corrected chi connectivity index (χ2v) is 18.2. The summed E-state index contributed by atoms with van der Waals surface area (Å²) < 4.78 is 5.45. The number of hydrogen-bond acceptors (Lipinski definition) is 5. The van der Waals surface area contributed by atoms with Crippen LogP contribution in [-0.4, -0.2) is 47.4 Å². The van der Waals surface area contributed by atoms with E-state index in [0.717, 1.165) is 77.0 Å². The lowest BCUT2D eigenvalue weighted by Crippen LogP contribution is -2.45. The first-order chi connectivity index (χ1) is 30.5. The summed E-state index contributed by atoms with van der Waals surface area (Å²) in [5.41, 5.74) is 0. The lowest BCUT2D eigenvalue weighted by atomic mass is 10.0. The van der Waals surface area contributed by atoms with Crippen LogP contribution in [0.1, 0.15) is 271 Å². The van der Waals surface area contributed by atoms with Gasteiger partial charge in [-0.3, -0.25) is 9.59 Å². The van der Waals surface area contributed by atoms with Crippen LogP contribution in [0.15, 0.2) is 48.6 Å². The molecule has 0 radical (unpaired) electrons. The molecule has 362 valence electrons. The predicted molar refractivity (Wildman–Crippen MR) is 269 cm³/mol. The van der Waals surface area contributed by atoms with Crippen LogP contribution in [0.2, 0.25) is 0 Å². The predicted octanol–water partition coefficient (Wildman–Crippen LogP) is 16.2. The first-order valence-corrected chi connectivity index (χ1v) is 26.9. The Morgan fingerprint density at radius 2 is 0.806 bits per heavy atom. The van der Waals surface area contributed by atoms with Crippen LogP contribution in [0.3, 0.4) is 0 Å². The number of aliphatic hydroxyl groups is 2. The smallest absolute Gasteiger partial charge is 0.305 e. The Hall–Kier alpha value is -2.18. The summed E-state index contributed by atoms with van der Waals surface area (Å²) in [6, 6.07) is -0.634. The van der Waals surface area contributed by atoms with Crippen molar-refractivity contribution in [3.05, 3.63) is 48.6 Å². The van der Waals surface area contributed by atoms with Crippen molar-refractivity contribution in [3.63, 3.8) is 0 Å². The highest BCUT2D eigenvalue weighted by molar-refractivity contribution is 5.76. The molecular weight excluding hydrogens is 767 g/mol. The van der Waals surface area contributed by atoms with Gasteiger partial charge in [0.15, 0.2) is 0 Å². The molecule has 6 nitrogen and oxygen atoms in total. The van der Waals surface area contributed by atoms with Gasteiger partial charge < -0.3 is 20.3 Å². The van der Waals surface area contributed by atoms with Crippen LogP contribution in [-0.2, 0) is 14.3 Å². The summed E-state index contributed by atoms with van der Waals surface area (Å²) in [5.74, 6) is -0.104. The normalized spacial score (nSPS) is 13.0. The third kappa shape index (κ3) is 47.3. The third-order valence-electron chi connectivity index (χ3n) is 12.1. The Labute approximate surface area is 385 Å². The Balaban J connectivity index is 3.49. The Kier molecular flexibility index (Phi) is 49.6. The number of amides is 1. The molecule has 0 heterocycles. The van der Waals surface area contributed by atoms with Gasteiger partial charge in [-0.05, 0) is 89.9 Å². The van der Waals surface area contributed by atoms with Crippen LogP contribution in [0.25, 0.3) is 0 Å². The van der Waals surface area contributed by atoms with E-state index in [0.29, 0.717) is 19.4 Å². The first kappa shape index (κ1) is 59.8. The van der Waals surface area contributed by atoms with Gasteiger partial charge in [-0.2, -0.15) is 0 Å². The van der Waals surface area contributed by atoms with Gasteiger partial charge in [0.1, 0.15) is 0 Å². The zero-order chi connectivity index (χ0) is 45.1. The summed E-state index contributed by atoms with van der Waals surface area (Å²) in [7, 11) is 0. The molecule has 0 aliphatic rings. The van der Waals surface area contributed by atoms with E-state index in [9.17, 15) is 19.8 Å². The Morgan fingerprint density at radius 3 is 1.24 bits per heavy atom. The van der Waals surface area contributed by atoms with E-state index in [2.05, 4.69) is 55.6 Å². The van der Waals surface area contributed by atoms with E-state index >= 15 is 0 Å². The molecule has 62 heavy (non-hydrogen) atoms. The Bertz CT molecular complexity index is 1050. The fourth-order valence-electron chi connectivity index (χ4n) is 7.91. The van der Waals surface area contributed by atoms with Crippen molar-refractivity contribution in [2.45, 2.75) is 283 Å². The highest BCUT2D eigenvalue weighted by Gasteiger charge is 2.18. The van der Waals surface area contributed by atoms with Gasteiger partial charge in [0.25, 0.3) is 0 Å². The maximum Gasteiger partial charge on any atom is 0.305 e. The average molecular weight is 870 g/mol. The number of allylic oxidation sites excluding steroid dienone is 7. The Morgan fingerprint density at radius 1 is 0.452 bits per heavy atom. The van der Waals surface area contributed by atoms with Crippen LogP contribution in [0, 0.1) is 0 Å². The summed E-state index contributed by atoms with van der Waals surface area (Å²) in [5, 5.41) is 22.9. The highest BCUT2D eigenvalue weighted by atomic mass is 16.5. The maximum absolute atomic E-state index is 12.4. The van der Waals surface area contributed by atoms with Crippen LogP contribution >= 0.6 is 0 Å². The van der Waals surface area contributed by atoms with Gasteiger partial charge in [0.2, 0.25) is 5.91 Å². The van der Waals surface area contributed by atoms with Crippen LogP contribution in [0.4, 0.5) is 0 Å². The van der Waals surface area contributed by atoms with Crippen molar-refractivity contribution in [3.8, 4) is 0 Å². The van der Waals surface area contributed by atoms with E-state index in [1.807, 2.05) is 6.08 Å². The fraction of sp³-hybridized carbons (Fsp3) is 0.821. The molecular formula is C56H103NO5. The van der Waals surface area contributed by atoms with Gasteiger partial charge in [-0.15, -0.1) is 0 Å². The summed E-state index contributed by atoms with van der Waals surface area (Å²) in [6.07, 6.45) is 64.1. The fourth-order valence-corrected chi connectivity index (χ4v) is 7.91. The van der Waals surface area contributed by atoms with Crippen LogP contribution in [0.5, 0.6) is 0 Å². The highest BCUT2D eigenvalue weighted by Crippen LogP contribution is 2.15. The van der Waals surface area contributed by atoms with Crippen molar-refractivity contribution in [1.29, 1.82) is 0 Å². The monoisotopic (exact) mass is 870 g/mol. The molecule has 0 spiro atoms. The number of nitrogens with one attached hydrogen (secondary N) is 1. The average Bonchev–Trinajstić information content (AvgIpc) is 3.27. The maximum atomic E-state index is 12.4. The molecule has 6 heteroatoms. The molecule has 0 aromatic carbocycles. The summed E-state index contributed by atoms with van der Waals surface area (Å²) in [6.45, 7) is 4.83. The van der Waals surface area contributed by atoms with Crippen molar-refractivity contribution >= 4 is 11.9 Å². The number of unbranched alkanes of at least 4 members (excludes halogenated alkanes) is 33. The molecule has 0 aromatic rings. The molecule has 0 aromatic heterocycles. The minimum atomic E-state index is -0.850. The minimum absolute atomic E-state index is 0.0225. The third-order valence-corrected chi connectivity index (χ3v) is 12.1.